The molecule has 0 saturated carbocycles. The third-order valence-electron chi connectivity index (χ3n) is 4.00. The molecule has 166 valence electrons. The van der Waals surface area contributed by atoms with E-state index in [1.165, 1.54) is 5.62 Å². The first-order valence-corrected chi connectivity index (χ1v) is 10.1. The monoisotopic (exact) mass is 544 g/mol. The van der Waals surface area contributed by atoms with Gasteiger partial charge in [0.25, 0.3) is 0 Å². The second-order valence-electron chi connectivity index (χ2n) is 7.92. The molecule has 0 radical (unpaired) electrons. The van der Waals surface area contributed by atoms with Gasteiger partial charge in [0.2, 0.25) is 0 Å². The van der Waals surface area contributed by atoms with Gasteiger partial charge in [-0.1, -0.05) is 12.9 Å². The molecule has 0 N–H and O–H groups in total. The molecule has 0 saturated heterocycles. The largest absolute Gasteiger partial charge is 0.573 e. The third-order valence-corrected chi connectivity index (χ3v) is 10.5. The molecule has 0 aliphatic carbocycles. The molecule has 0 heterocycles. The molecule has 0 fully saturated rings. The normalized spacial score (nSPS) is 13.8. The summed E-state index contributed by atoms with van der Waals surface area (Å²) in [6.45, 7) is 11.0. The molecule has 1 rings (SSSR count). The minimum atomic E-state index is -5.07. The van der Waals surface area contributed by atoms with Crippen LogP contribution in [-0.2, 0) is 20.4 Å². The van der Waals surface area contributed by atoms with Crippen LogP contribution < -0.4 is 14.8 Å². The summed E-state index contributed by atoms with van der Waals surface area (Å²) in [6.07, 6.45) is -10.1. The van der Waals surface area contributed by atoms with E-state index >= 15 is 0 Å². The van der Waals surface area contributed by atoms with E-state index in [0.717, 1.165) is 12.1 Å². The number of ether oxygens (including phenoxy) is 2. The van der Waals surface area contributed by atoms with Crippen molar-refractivity contribution in [2.45, 2.75) is 64.6 Å². The van der Waals surface area contributed by atoms with Gasteiger partial charge in [0.15, 0.2) is 0 Å². The molecule has 0 unspecified atom stereocenters. The Morgan fingerprint density at radius 3 is 1.29 bits per heavy atom. The molecule has 1 aromatic rings. The number of hydrogen-bond donors (Lipinski definition) is 0. The first kappa shape index (κ1) is 27.8. The summed E-state index contributed by atoms with van der Waals surface area (Å²) in [5.41, 5.74) is 1.39. The van der Waals surface area contributed by atoms with E-state index in [0.29, 0.717) is 6.07 Å². The van der Waals surface area contributed by atoms with Crippen LogP contribution in [0.15, 0.2) is 18.2 Å². The number of hydrogen-bond acceptors (Lipinski definition) is 2. The van der Waals surface area contributed by atoms with Gasteiger partial charge in [-0.05, 0) is 41.5 Å². The second kappa shape index (κ2) is 8.88. The molecule has 0 bridgehead atoms. The van der Waals surface area contributed by atoms with Crippen molar-refractivity contribution in [2.24, 2.45) is 0 Å². The molecule has 0 aromatic heterocycles. The zero-order valence-corrected chi connectivity index (χ0v) is 19.2. The van der Waals surface area contributed by atoms with E-state index in [4.69, 9.17) is 11.6 Å². The molecule has 28 heavy (non-hydrogen) atoms. The first-order valence-electron chi connectivity index (χ1n) is 7.83. The Morgan fingerprint density at radius 2 is 1.07 bits per heavy atom. The SMILES string of the molecule is CC(C)(C)[P+]([CH-]Cl)(c1cc(OC(F)(F)F)cc(OC(F)(F)F)c1)C(C)(C)C.[Pd]. The van der Waals surface area contributed by atoms with Crippen LogP contribution in [0, 0.1) is 5.62 Å². The van der Waals surface area contributed by atoms with Crippen molar-refractivity contribution in [3.8, 4) is 11.5 Å². The Hall–Kier alpha value is -0.218. The number of rotatable bonds is 4. The summed E-state index contributed by atoms with van der Waals surface area (Å²) in [6, 6.07) is 2.72. The molecule has 0 amide bonds. The van der Waals surface area contributed by atoms with Gasteiger partial charge in [0.05, 0.1) is 15.6 Å². The number of benzene rings is 1. The molecule has 2 nitrogen and oxygen atoms in total. The Bertz CT molecular complexity index is 617. The Labute approximate surface area is 180 Å². The fraction of sp³-hybridized carbons (Fsp3) is 0.588. The minimum Gasteiger partial charge on any atom is -0.405 e. The molecule has 0 spiro atoms. The molecule has 1 aromatic carbocycles. The smallest absolute Gasteiger partial charge is 0.405 e. The van der Waals surface area contributed by atoms with E-state index in [1.807, 2.05) is 41.5 Å². The maximum atomic E-state index is 12.7. The summed E-state index contributed by atoms with van der Waals surface area (Å²) < 4.78 is 83.8. The quantitative estimate of drug-likeness (QED) is 0.174. The van der Waals surface area contributed by atoms with Crippen LogP contribution in [0.1, 0.15) is 41.5 Å². The van der Waals surface area contributed by atoms with E-state index in [-0.39, 0.29) is 25.7 Å². The topological polar surface area (TPSA) is 18.5 Å². The van der Waals surface area contributed by atoms with Crippen molar-refractivity contribution < 1.29 is 56.2 Å². The third kappa shape index (κ3) is 6.65. The first-order chi connectivity index (χ1) is 11.8. The van der Waals surface area contributed by atoms with Gasteiger partial charge in [-0.15, -0.1) is 26.3 Å². The van der Waals surface area contributed by atoms with Gasteiger partial charge in [0.1, 0.15) is 11.5 Å². The van der Waals surface area contributed by atoms with Gasteiger partial charge < -0.3 is 21.1 Å². The molecular weight excluding hydrogens is 523 g/mol. The summed E-state index contributed by atoms with van der Waals surface area (Å²) in [5.74, 6) is -1.59. The van der Waals surface area contributed by atoms with Crippen LogP contribution in [0.4, 0.5) is 26.3 Å². The average Bonchev–Trinajstić information content (AvgIpc) is 2.31. The van der Waals surface area contributed by atoms with Gasteiger partial charge in [-0.2, -0.15) is 0 Å². The molecular formula is C17H22ClF6O2PPd. The molecule has 0 aliphatic heterocycles. The van der Waals surface area contributed by atoms with E-state index in [2.05, 4.69) is 9.47 Å². The van der Waals surface area contributed by atoms with Crippen LogP contribution >= 0.6 is 18.9 Å². The average molecular weight is 545 g/mol. The van der Waals surface area contributed by atoms with Crippen LogP contribution in [0.5, 0.6) is 11.5 Å². The number of halogens is 7. The Kier molecular flexibility index (Phi) is 8.81. The van der Waals surface area contributed by atoms with Crippen LogP contribution in [-0.4, -0.2) is 23.0 Å². The van der Waals surface area contributed by atoms with Crippen molar-refractivity contribution in [1.82, 2.24) is 0 Å². The predicted molar refractivity (Wildman–Crippen MR) is 96.0 cm³/mol. The van der Waals surface area contributed by atoms with Crippen molar-refractivity contribution in [1.29, 1.82) is 0 Å². The fourth-order valence-corrected chi connectivity index (χ4v) is 10.3. The van der Waals surface area contributed by atoms with Crippen molar-refractivity contribution in [3.63, 3.8) is 0 Å². The Balaban J connectivity index is 0.00000729. The zero-order valence-electron chi connectivity index (χ0n) is 16.0. The van der Waals surface area contributed by atoms with Gasteiger partial charge >= 0.3 is 12.7 Å². The second-order valence-corrected chi connectivity index (χ2v) is 13.3. The van der Waals surface area contributed by atoms with Crippen molar-refractivity contribution in [3.05, 3.63) is 23.8 Å². The van der Waals surface area contributed by atoms with E-state index in [1.54, 1.807) is 0 Å². The summed E-state index contributed by atoms with van der Waals surface area (Å²) >= 11 is 6.20. The maximum Gasteiger partial charge on any atom is 0.573 e. The van der Waals surface area contributed by atoms with Crippen LogP contribution in [0.2, 0.25) is 0 Å². The standard InChI is InChI=1S/C17H22ClF6O2P.Pd/c1-14(2,3)27(10-18,15(4,5)6)13-8-11(25-16(19,20)21)7-12(9-13)26-17(22,23)24;/h7-10H,1-6H3;. The van der Waals surface area contributed by atoms with E-state index in [9.17, 15) is 26.3 Å². The Morgan fingerprint density at radius 1 is 0.750 bits per heavy atom. The number of alkyl halides is 6. The molecule has 11 heteroatoms. The summed E-state index contributed by atoms with van der Waals surface area (Å²) in [7, 11) is -2.64. The summed E-state index contributed by atoms with van der Waals surface area (Å²) in [4.78, 5) is 0. The van der Waals surface area contributed by atoms with Crippen LogP contribution in [0.3, 0.4) is 0 Å². The fourth-order valence-electron chi connectivity index (χ4n) is 3.28. The maximum absolute atomic E-state index is 12.7. The zero-order chi connectivity index (χ0) is 21.5. The van der Waals surface area contributed by atoms with Crippen molar-refractivity contribution >= 4 is 24.2 Å². The van der Waals surface area contributed by atoms with Gasteiger partial charge in [-0.25, -0.2) is 0 Å². The van der Waals surface area contributed by atoms with E-state index < -0.39 is 41.8 Å². The van der Waals surface area contributed by atoms with Gasteiger partial charge in [-0.3, -0.25) is 0 Å². The summed E-state index contributed by atoms with van der Waals surface area (Å²) in [5, 5.41) is -0.892. The van der Waals surface area contributed by atoms with Crippen LogP contribution in [0.25, 0.3) is 0 Å². The van der Waals surface area contributed by atoms with Gasteiger partial charge in [0, 0.05) is 38.6 Å². The predicted octanol–water partition coefficient (Wildman–Crippen LogP) is 7.08. The molecule has 0 atom stereocenters. The van der Waals surface area contributed by atoms with Crippen molar-refractivity contribution in [2.75, 3.05) is 0 Å². The molecule has 0 aliphatic rings. The minimum absolute atomic E-state index is 0.